The Labute approximate surface area is 190 Å². The standard InChI is InChI=1S/C24H32NO6P/c26-20-6-10-22(11-7-20)30-17-21(27)16-25-15-12-19-4-8-23(9-5-19)31-18-24(32(28)29)13-2-1-3-14-24/h4-11,21,25,27H,1-3,12-18H2,(H-,26,28,29)/p+1. The van der Waals surface area contributed by atoms with Crippen LogP contribution in [0, 0.1) is 0 Å². The Hall–Kier alpha value is -2.18. The molecule has 2 aromatic carbocycles. The number of benzene rings is 2. The summed E-state index contributed by atoms with van der Waals surface area (Å²) in [5.74, 6) is 1.49. The molecule has 1 fully saturated rings. The first-order chi connectivity index (χ1) is 15.5. The third-order valence-corrected chi connectivity index (χ3v) is 7.26. The van der Waals surface area contributed by atoms with Crippen LogP contribution >= 0.6 is 8.03 Å². The number of aliphatic hydroxyl groups excluding tert-OH is 1. The van der Waals surface area contributed by atoms with E-state index in [2.05, 4.69) is 5.32 Å². The summed E-state index contributed by atoms with van der Waals surface area (Å²) in [6, 6.07) is 14.2. The Balaban J connectivity index is 1.34. The summed E-state index contributed by atoms with van der Waals surface area (Å²) in [6.45, 7) is 1.58. The van der Waals surface area contributed by atoms with Gasteiger partial charge in [0.05, 0.1) is 0 Å². The number of hydrogen-bond acceptors (Lipinski definition) is 6. The summed E-state index contributed by atoms with van der Waals surface area (Å²) in [7, 11) is -2.26. The van der Waals surface area contributed by atoms with E-state index in [0.29, 0.717) is 24.6 Å². The first-order valence-corrected chi connectivity index (χ1v) is 12.4. The molecule has 1 aliphatic carbocycles. The van der Waals surface area contributed by atoms with Crippen LogP contribution in [-0.2, 0) is 11.0 Å². The molecule has 4 N–H and O–H groups in total. The molecule has 174 valence electrons. The van der Waals surface area contributed by atoms with E-state index in [-0.39, 0.29) is 19.0 Å². The summed E-state index contributed by atoms with van der Waals surface area (Å²) >= 11 is 0. The number of rotatable bonds is 12. The van der Waals surface area contributed by atoms with E-state index in [1.807, 2.05) is 24.3 Å². The van der Waals surface area contributed by atoms with E-state index in [4.69, 9.17) is 9.47 Å². The van der Waals surface area contributed by atoms with Crippen LogP contribution in [0.2, 0.25) is 0 Å². The molecule has 0 spiro atoms. The molecule has 0 amide bonds. The lowest BCUT2D eigenvalue weighted by atomic mass is 9.89. The Kier molecular flexibility index (Phi) is 9.30. The van der Waals surface area contributed by atoms with Crippen molar-refractivity contribution in [3.8, 4) is 17.2 Å². The minimum atomic E-state index is -2.26. The average Bonchev–Trinajstić information content (AvgIpc) is 2.81. The van der Waals surface area contributed by atoms with Crippen LogP contribution in [0.25, 0.3) is 0 Å². The smallest absolute Gasteiger partial charge is 0.508 e. The zero-order valence-corrected chi connectivity index (χ0v) is 19.2. The number of nitrogens with one attached hydrogen (secondary N) is 1. The Bertz CT molecular complexity index is 837. The topological polar surface area (TPSA) is 108 Å². The second-order valence-electron chi connectivity index (χ2n) is 8.40. The van der Waals surface area contributed by atoms with Crippen molar-refractivity contribution in [2.24, 2.45) is 0 Å². The monoisotopic (exact) mass is 462 g/mol. The number of aliphatic hydroxyl groups is 1. The molecule has 0 aromatic heterocycles. The normalized spacial score (nSPS) is 16.9. The van der Waals surface area contributed by atoms with Gasteiger partial charge in [-0.1, -0.05) is 18.6 Å². The van der Waals surface area contributed by atoms with Crippen molar-refractivity contribution >= 4 is 8.03 Å². The van der Waals surface area contributed by atoms with Crippen molar-refractivity contribution in [1.29, 1.82) is 0 Å². The third kappa shape index (κ3) is 7.45. The van der Waals surface area contributed by atoms with Gasteiger partial charge in [0.1, 0.15) is 36.6 Å². The first-order valence-electron chi connectivity index (χ1n) is 11.2. The highest BCUT2D eigenvalue weighted by Crippen LogP contribution is 2.46. The van der Waals surface area contributed by atoms with Crippen LogP contribution in [0.15, 0.2) is 48.5 Å². The first kappa shape index (κ1) is 24.5. The molecule has 2 aromatic rings. The number of ether oxygens (including phenoxy) is 2. The molecular weight excluding hydrogens is 429 g/mol. The summed E-state index contributed by atoms with van der Waals surface area (Å²) < 4.78 is 23.3. The van der Waals surface area contributed by atoms with E-state index in [0.717, 1.165) is 44.1 Å². The van der Waals surface area contributed by atoms with Gasteiger partial charge in [-0.05, 0) is 72.3 Å². The zero-order chi connectivity index (χ0) is 22.8. The predicted molar refractivity (Wildman–Crippen MR) is 124 cm³/mol. The Morgan fingerprint density at radius 2 is 1.59 bits per heavy atom. The molecule has 32 heavy (non-hydrogen) atoms. The quantitative estimate of drug-likeness (QED) is 0.281. The van der Waals surface area contributed by atoms with E-state index in [1.54, 1.807) is 12.1 Å². The molecule has 3 rings (SSSR count). The molecule has 2 atom stereocenters. The van der Waals surface area contributed by atoms with Crippen LogP contribution in [0.1, 0.15) is 37.7 Å². The molecule has 7 nitrogen and oxygen atoms in total. The molecule has 0 aliphatic heterocycles. The van der Waals surface area contributed by atoms with E-state index in [9.17, 15) is 19.7 Å². The number of phenolic OH excluding ortho intramolecular Hbond substituents is 1. The van der Waals surface area contributed by atoms with Crippen molar-refractivity contribution in [2.75, 3.05) is 26.3 Å². The van der Waals surface area contributed by atoms with Gasteiger partial charge in [-0.25, -0.2) is 0 Å². The Morgan fingerprint density at radius 3 is 2.25 bits per heavy atom. The van der Waals surface area contributed by atoms with Gasteiger partial charge in [-0.3, -0.25) is 0 Å². The van der Waals surface area contributed by atoms with Gasteiger partial charge >= 0.3 is 8.03 Å². The molecule has 0 heterocycles. The van der Waals surface area contributed by atoms with Gasteiger partial charge in [0.25, 0.3) is 0 Å². The summed E-state index contributed by atoms with van der Waals surface area (Å²) in [6.07, 6.45) is 4.74. The van der Waals surface area contributed by atoms with Crippen LogP contribution in [0.3, 0.4) is 0 Å². The summed E-state index contributed by atoms with van der Waals surface area (Å²) in [5.41, 5.74) is 1.14. The maximum Gasteiger partial charge on any atom is 0.515 e. The van der Waals surface area contributed by atoms with Gasteiger partial charge in [0.2, 0.25) is 5.16 Å². The van der Waals surface area contributed by atoms with Crippen molar-refractivity contribution in [2.45, 2.75) is 49.8 Å². The van der Waals surface area contributed by atoms with E-state index in [1.165, 1.54) is 12.1 Å². The molecular formula is C24H33NO6P+. The highest BCUT2D eigenvalue weighted by atomic mass is 31.1. The Morgan fingerprint density at radius 1 is 0.969 bits per heavy atom. The molecule has 0 radical (unpaired) electrons. The van der Waals surface area contributed by atoms with E-state index < -0.39 is 19.3 Å². The van der Waals surface area contributed by atoms with Crippen LogP contribution in [-0.4, -0.2) is 52.7 Å². The average molecular weight is 463 g/mol. The number of aromatic hydroxyl groups is 1. The lowest BCUT2D eigenvalue weighted by molar-refractivity contribution is 0.106. The van der Waals surface area contributed by atoms with Crippen molar-refractivity contribution in [3.05, 3.63) is 54.1 Å². The van der Waals surface area contributed by atoms with Crippen molar-refractivity contribution < 1.29 is 29.1 Å². The molecule has 8 heteroatoms. The highest BCUT2D eigenvalue weighted by molar-refractivity contribution is 7.40. The molecule has 0 saturated heterocycles. The summed E-state index contributed by atoms with van der Waals surface area (Å²) in [4.78, 5) is 9.80. The summed E-state index contributed by atoms with van der Waals surface area (Å²) in [5, 5.41) is 21.9. The third-order valence-electron chi connectivity index (χ3n) is 5.87. The maximum atomic E-state index is 11.9. The minimum absolute atomic E-state index is 0.171. The lowest BCUT2D eigenvalue weighted by Crippen LogP contribution is -2.34. The van der Waals surface area contributed by atoms with Gasteiger partial charge < -0.3 is 25.0 Å². The SMILES string of the molecule is O=[P+](O)C1(COc2ccc(CCNCC(O)COc3ccc(O)cc3)cc2)CCCCC1. The molecule has 2 unspecified atom stereocenters. The molecule has 1 saturated carbocycles. The van der Waals surface area contributed by atoms with Crippen molar-refractivity contribution in [3.63, 3.8) is 0 Å². The van der Waals surface area contributed by atoms with E-state index >= 15 is 0 Å². The zero-order valence-electron chi connectivity index (χ0n) is 18.3. The van der Waals surface area contributed by atoms with Crippen LogP contribution < -0.4 is 14.8 Å². The van der Waals surface area contributed by atoms with Gasteiger partial charge in [0, 0.05) is 19.4 Å². The minimum Gasteiger partial charge on any atom is -0.508 e. The number of phenols is 1. The lowest BCUT2D eigenvalue weighted by Gasteiger charge is -2.25. The fourth-order valence-electron chi connectivity index (χ4n) is 3.87. The molecule has 0 bridgehead atoms. The molecule has 1 aliphatic rings. The van der Waals surface area contributed by atoms with Gasteiger partial charge in [-0.15, -0.1) is 0 Å². The largest absolute Gasteiger partial charge is 0.515 e. The fraction of sp³-hybridized carbons (Fsp3) is 0.500. The van der Waals surface area contributed by atoms with Gasteiger partial charge in [-0.2, -0.15) is 4.89 Å². The van der Waals surface area contributed by atoms with Crippen LogP contribution in [0.5, 0.6) is 17.2 Å². The number of hydrogen-bond donors (Lipinski definition) is 4. The van der Waals surface area contributed by atoms with Crippen molar-refractivity contribution in [1.82, 2.24) is 5.32 Å². The second kappa shape index (κ2) is 12.2. The highest BCUT2D eigenvalue weighted by Gasteiger charge is 2.50. The van der Waals surface area contributed by atoms with Crippen LogP contribution in [0.4, 0.5) is 0 Å². The van der Waals surface area contributed by atoms with Gasteiger partial charge in [0.15, 0.2) is 0 Å². The maximum absolute atomic E-state index is 11.9. The fourth-order valence-corrected chi connectivity index (χ4v) is 4.74. The second-order valence-corrected chi connectivity index (χ2v) is 9.90. The predicted octanol–water partition coefficient (Wildman–Crippen LogP) is 3.78.